The minimum Gasteiger partial charge on any atom is -0.394 e. The van der Waals surface area contributed by atoms with Gasteiger partial charge in [-0.3, -0.25) is 0 Å². The Morgan fingerprint density at radius 1 is 1.45 bits per heavy atom. The Morgan fingerprint density at radius 2 is 2.18 bits per heavy atom. The van der Waals surface area contributed by atoms with Gasteiger partial charge in [-0.05, 0) is 12.3 Å². The van der Waals surface area contributed by atoms with Crippen LogP contribution in [-0.4, -0.2) is 24.9 Å². The lowest BCUT2D eigenvalue weighted by Crippen LogP contribution is -2.08. The van der Waals surface area contributed by atoms with Crippen molar-refractivity contribution in [3.63, 3.8) is 0 Å². The highest BCUT2D eigenvalue weighted by Crippen LogP contribution is 2.07. The highest BCUT2D eigenvalue weighted by Gasteiger charge is 1.99. The second-order valence-electron chi connectivity index (χ2n) is 3.05. The fourth-order valence-corrected chi connectivity index (χ4v) is 0.985. The Balaban J connectivity index is 3.02. The molecule has 0 amide bonds. The molecule has 1 unspecified atom stereocenters. The van der Waals surface area contributed by atoms with E-state index in [1.54, 1.807) is 0 Å². The van der Waals surface area contributed by atoms with Crippen molar-refractivity contribution in [2.45, 2.75) is 33.1 Å². The summed E-state index contributed by atoms with van der Waals surface area (Å²) in [6.07, 6.45) is 3.77. The quantitative estimate of drug-likeness (QED) is 0.576. The smallest absolute Gasteiger partial charge is 0.0697 e. The molecule has 0 aromatic rings. The van der Waals surface area contributed by atoms with Gasteiger partial charge in [0, 0.05) is 6.61 Å². The molecule has 1 N–H and O–H groups in total. The Kier molecular flexibility index (Phi) is 7.96. The Labute approximate surface area is 69.6 Å². The summed E-state index contributed by atoms with van der Waals surface area (Å²) < 4.78 is 5.19. The summed E-state index contributed by atoms with van der Waals surface area (Å²) in [6.45, 7) is 5.80. The van der Waals surface area contributed by atoms with Gasteiger partial charge in [0.1, 0.15) is 0 Å². The molecule has 0 bridgehead atoms. The number of hydrogen-bond donors (Lipinski definition) is 1. The predicted molar refractivity (Wildman–Crippen MR) is 46.6 cm³/mol. The summed E-state index contributed by atoms with van der Waals surface area (Å²) in [5.41, 5.74) is 0. The van der Waals surface area contributed by atoms with E-state index in [1.165, 1.54) is 19.3 Å². The van der Waals surface area contributed by atoms with Crippen LogP contribution in [0.4, 0.5) is 0 Å². The SMILES string of the molecule is CCCCC(C)COCCO. The fraction of sp³-hybridized carbons (Fsp3) is 1.00. The minimum absolute atomic E-state index is 0.139. The van der Waals surface area contributed by atoms with Crippen LogP contribution in [0.15, 0.2) is 0 Å². The average molecular weight is 160 g/mol. The first-order valence-corrected chi connectivity index (χ1v) is 4.49. The molecule has 0 spiro atoms. The van der Waals surface area contributed by atoms with Gasteiger partial charge in [0.25, 0.3) is 0 Å². The molecular weight excluding hydrogens is 140 g/mol. The number of unbranched alkanes of at least 4 members (excludes halogenated alkanes) is 1. The average Bonchev–Trinajstić information content (AvgIpc) is 2.01. The summed E-state index contributed by atoms with van der Waals surface area (Å²) >= 11 is 0. The van der Waals surface area contributed by atoms with E-state index in [0.717, 1.165) is 6.61 Å². The number of aliphatic hydroxyl groups excluding tert-OH is 1. The molecule has 2 nitrogen and oxygen atoms in total. The zero-order chi connectivity index (χ0) is 8.53. The monoisotopic (exact) mass is 160 g/mol. The summed E-state index contributed by atoms with van der Waals surface area (Å²) in [7, 11) is 0. The third kappa shape index (κ3) is 7.82. The first-order valence-electron chi connectivity index (χ1n) is 4.49. The molecule has 0 heterocycles. The van der Waals surface area contributed by atoms with Crippen LogP contribution in [0.2, 0.25) is 0 Å². The molecule has 0 aliphatic heterocycles. The third-order valence-electron chi connectivity index (χ3n) is 1.69. The summed E-state index contributed by atoms with van der Waals surface area (Å²) in [4.78, 5) is 0. The van der Waals surface area contributed by atoms with E-state index in [2.05, 4.69) is 13.8 Å². The van der Waals surface area contributed by atoms with Crippen molar-refractivity contribution in [1.82, 2.24) is 0 Å². The molecular formula is C9H20O2. The van der Waals surface area contributed by atoms with Gasteiger partial charge in [-0.1, -0.05) is 26.7 Å². The number of ether oxygens (including phenoxy) is 1. The van der Waals surface area contributed by atoms with Crippen LogP contribution >= 0.6 is 0 Å². The lowest BCUT2D eigenvalue weighted by molar-refractivity contribution is 0.0692. The third-order valence-corrected chi connectivity index (χ3v) is 1.69. The van der Waals surface area contributed by atoms with Gasteiger partial charge >= 0.3 is 0 Å². The highest BCUT2D eigenvalue weighted by molar-refractivity contribution is 4.50. The van der Waals surface area contributed by atoms with Crippen LogP contribution in [0.1, 0.15) is 33.1 Å². The molecule has 68 valence electrons. The van der Waals surface area contributed by atoms with E-state index in [1.807, 2.05) is 0 Å². The normalized spacial score (nSPS) is 13.4. The molecule has 11 heavy (non-hydrogen) atoms. The molecule has 0 fully saturated rings. The predicted octanol–water partition coefficient (Wildman–Crippen LogP) is 1.82. The van der Waals surface area contributed by atoms with Gasteiger partial charge in [0.05, 0.1) is 13.2 Å². The molecule has 0 aliphatic rings. The van der Waals surface area contributed by atoms with E-state index in [4.69, 9.17) is 9.84 Å². The fourth-order valence-electron chi connectivity index (χ4n) is 0.985. The van der Waals surface area contributed by atoms with Crippen molar-refractivity contribution < 1.29 is 9.84 Å². The molecule has 0 aliphatic carbocycles. The Bertz CT molecular complexity index is 74.0. The van der Waals surface area contributed by atoms with Crippen LogP contribution in [0.5, 0.6) is 0 Å². The van der Waals surface area contributed by atoms with Crippen LogP contribution in [-0.2, 0) is 4.74 Å². The maximum atomic E-state index is 8.43. The van der Waals surface area contributed by atoms with Gasteiger partial charge in [0.2, 0.25) is 0 Å². The largest absolute Gasteiger partial charge is 0.394 e. The lowest BCUT2D eigenvalue weighted by atomic mass is 10.1. The molecule has 0 radical (unpaired) electrons. The van der Waals surface area contributed by atoms with Gasteiger partial charge in [-0.15, -0.1) is 0 Å². The molecule has 0 aromatic carbocycles. The maximum absolute atomic E-state index is 8.43. The summed E-state index contributed by atoms with van der Waals surface area (Å²) in [5.74, 6) is 0.640. The van der Waals surface area contributed by atoms with Crippen molar-refractivity contribution in [2.24, 2.45) is 5.92 Å². The summed E-state index contributed by atoms with van der Waals surface area (Å²) in [6, 6.07) is 0. The molecule has 0 aromatic heterocycles. The van der Waals surface area contributed by atoms with E-state index in [-0.39, 0.29) is 6.61 Å². The van der Waals surface area contributed by atoms with Crippen molar-refractivity contribution in [1.29, 1.82) is 0 Å². The minimum atomic E-state index is 0.139. The molecule has 0 rings (SSSR count). The first kappa shape index (κ1) is 10.9. The number of rotatable bonds is 7. The summed E-state index contributed by atoms with van der Waals surface area (Å²) in [5, 5.41) is 8.43. The Hall–Kier alpha value is -0.0800. The second-order valence-corrected chi connectivity index (χ2v) is 3.05. The topological polar surface area (TPSA) is 29.5 Å². The second kappa shape index (κ2) is 8.02. The number of hydrogen-bond acceptors (Lipinski definition) is 2. The van der Waals surface area contributed by atoms with Crippen LogP contribution < -0.4 is 0 Å². The van der Waals surface area contributed by atoms with Crippen LogP contribution in [0.25, 0.3) is 0 Å². The Morgan fingerprint density at radius 3 is 2.73 bits per heavy atom. The lowest BCUT2D eigenvalue weighted by Gasteiger charge is -2.09. The zero-order valence-electron chi connectivity index (χ0n) is 7.68. The van der Waals surface area contributed by atoms with Crippen molar-refractivity contribution in [2.75, 3.05) is 19.8 Å². The van der Waals surface area contributed by atoms with Crippen molar-refractivity contribution >= 4 is 0 Å². The van der Waals surface area contributed by atoms with E-state index < -0.39 is 0 Å². The highest BCUT2D eigenvalue weighted by atomic mass is 16.5. The van der Waals surface area contributed by atoms with Crippen LogP contribution in [0.3, 0.4) is 0 Å². The van der Waals surface area contributed by atoms with Gasteiger partial charge in [0.15, 0.2) is 0 Å². The van der Waals surface area contributed by atoms with E-state index >= 15 is 0 Å². The number of aliphatic hydroxyl groups is 1. The molecule has 0 saturated heterocycles. The standard InChI is InChI=1S/C9H20O2/c1-3-4-5-9(2)8-11-7-6-10/h9-10H,3-8H2,1-2H3. The van der Waals surface area contributed by atoms with Crippen LogP contribution in [0, 0.1) is 5.92 Å². The zero-order valence-corrected chi connectivity index (χ0v) is 7.68. The maximum Gasteiger partial charge on any atom is 0.0697 e. The molecule has 0 saturated carbocycles. The molecule has 1 atom stereocenters. The van der Waals surface area contributed by atoms with Gasteiger partial charge < -0.3 is 9.84 Å². The van der Waals surface area contributed by atoms with Gasteiger partial charge in [-0.25, -0.2) is 0 Å². The van der Waals surface area contributed by atoms with Crippen molar-refractivity contribution in [3.8, 4) is 0 Å². The first-order chi connectivity index (χ1) is 5.31. The van der Waals surface area contributed by atoms with Gasteiger partial charge in [-0.2, -0.15) is 0 Å². The molecule has 2 heteroatoms. The van der Waals surface area contributed by atoms with Crippen molar-refractivity contribution in [3.05, 3.63) is 0 Å². The van der Waals surface area contributed by atoms with E-state index in [9.17, 15) is 0 Å². The van der Waals surface area contributed by atoms with E-state index in [0.29, 0.717) is 12.5 Å².